The van der Waals surface area contributed by atoms with Gasteiger partial charge in [-0.25, -0.2) is 19.7 Å². The highest BCUT2D eigenvalue weighted by atomic mass is 16.5. The van der Waals surface area contributed by atoms with Gasteiger partial charge in [0.2, 0.25) is 5.88 Å². The zero-order chi connectivity index (χ0) is 21.2. The smallest absolute Gasteiger partial charge is 0.347 e. The van der Waals surface area contributed by atoms with E-state index in [4.69, 9.17) is 9.47 Å². The lowest BCUT2D eigenvalue weighted by Crippen LogP contribution is -2.46. The highest BCUT2D eigenvalue weighted by molar-refractivity contribution is 5.86. The van der Waals surface area contributed by atoms with Gasteiger partial charge in [0.15, 0.2) is 0 Å². The molecule has 0 N–H and O–H groups in total. The van der Waals surface area contributed by atoms with Crippen molar-refractivity contribution in [2.45, 2.75) is 19.1 Å². The Hall–Kier alpha value is -3.04. The average Bonchev–Trinajstić information content (AvgIpc) is 3.31. The summed E-state index contributed by atoms with van der Waals surface area (Å²) in [7, 11) is 1.77. The van der Waals surface area contributed by atoms with E-state index >= 15 is 0 Å². The van der Waals surface area contributed by atoms with Gasteiger partial charge in [-0.3, -0.25) is 9.47 Å². The summed E-state index contributed by atoms with van der Waals surface area (Å²) in [4.78, 5) is 29.1. The molecular weight excluding hydrogens is 396 g/mol. The normalized spacial score (nSPS) is 19.8. The lowest BCUT2D eigenvalue weighted by Gasteiger charge is -2.36. The van der Waals surface area contributed by atoms with Crippen molar-refractivity contribution in [2.24, 2.45) is 7.05 Å². The van der Waals surface area contributed by atoms with Gasteiger partial charge in [0.1, 0.15) is 12.4 Å². The van der Waals surface area contributed by atoms with Crippen molar-refractivity contribution >= 4 is 16.6 Å². The molecule has 1 atom stereocenters. The summed E-state index contributed by atoms with van der Waals surface area (Å²) in [6.07, 6.45) is 4.08. The van der Waals surface area contributed by atoms with Crippen LogP contribution in [0.25, 0.3) is 10.9 Å². The minimum Gasteiger partial charge on any atom is -0.471 e. The summed E-state index contributed by atoms with van der Waals surface area (Å²) in [5, 5.41) is 0.932. The number of benzene rings is 1. The number of hydrogen-bond acceptors (Lipinski definition) is 8. The Kier molecular flexibility index (Phi) is 5.52. The molecular formula is C22H26N6O3. The Morgan fingerprint density at radius 2 is 2.00 bits per heavy atom. The van der Waals surface area contributed by atoms with Crippen LogP contribution in [-0.4, -0.2) is 69.9 Å². The molecule has 0 amide bonds. The fourth-order valence-corrected chi connectivity index (χ4v) is 4.14. The standard InChI is InChI=1S/C22H26N6O3/c1-26-17(4-6-23-22(26)29)13-27-7-9-28(10-8-27)16-2-3-20-19(12-16)21(25-15-24-20)31-18-5-11-30-14-18/h2-4,6,12,15,18H,5,7-11,13-14H2,1H3. The largest absolute Gasteiger partial charge is 0.471 e. The summed E-state index contributed by atoms with van der Waals surface area (Å²) in [5.74, 6) is 0.625. The van der Waals surface area contributed by atoms with Gasteiger partial charge in [-0.05, 0) is 24.3 Å². The third-order valence-electron chi connectivity index (χ3n) is 6.04. The van der Waals surface area contributed by atoms with E-state index in [0.717, 1.165) is 68.0 Å². The van der Waals surface area contributed by atoms with Crippen LogP contribution in [0.3, 0.4) is 0 Å². The van der Waals surface area contributed by atoms with Crippen LogP contribution in [0, 0.1) is 0 Å². The van der Waals surface area contributed by atoms with E-state index in [1.54, 1.807) is 24.1 Å². The Morgan fingerprint density at radius 3 is 2.81 bits per heavy atom. The molecule has 2 saturated heterocycles. The number of piperazine rings is 1. The number of anilines is 1. The lowest BCUT2D eigenvalue weighted by atomic mass is 10.1. The molecule has 2 fully saturated rings. The minimum absolute atomic E-state index is 0.0504. The molecule has 2 aliphatic rings. The Labute approximate surface area is 180 Å². The quantitative estimate of drug-likeness (QED) is 0.607. The van der Waals surface area contributed by atoms with Crippen molar-refractivity contribution in [3.05, 3.63) is 53.0 Å². The van der Waals surface area contributed by atoms with Crippen molar-refractivity contribution in [3.63, 3.8) is 0 Å². The second kappa shape index (κ2) is 8.60. The summed E-state index contributed by atoms with van der Waals surface area (Å²) in [6, 6.07) is 8.18. The van der Waals surface area contributed by atoms with E-state index in [9.17, 15) is 4.79 Å². The molecule has 0 spiro atoms. The molecule has 162 valence electrons. The van der Waals surface area contributed by atoms with Gasteiger partial charge in [0.05, 0.1) is 24.1 Å². The van der Waals surface area contributed by atoms with E-state index < -0.39 is 0 Å². The maximum absolute atomic E-state index is 11.8. The molecule has 1 unspecified atom stereocenters. The summed E-state index contributed by atoms with van der Waals surface area (Å²) in [6.45, 7) is 5.74. The summed E-state index contributed by atoms with van der Waals surface area (Å²) < 4.78 is 13.1. The maximum atomic E-state index is 11.8. The molecule has 3 aromatic rings. The molecule has 2 aliphatic heterocycles. The first-order chi connectivity index (χ1) is 15.2. The van der Waals surface area contributed by atoms with E-state index in [-0.39, 0.29) is 11.8 Å². The van der Waals surface area contributed by atoms with Gasteiger partial charge in [-0.2, -0.15) is 0 Å². The van der Waals surface area contributed by atoms with Crippen molar-refractivity contribution in [2.75, 3.05) is 44.3 Å². The van der Waals surface area contributed by atoms with Crippen molar-refractivity contribution in [3.8, 4) is 5.88 Å². The zero-order valence-corrected chi connectivity index (χ0v) is 17.6. The molecule has 4 heterocycles. The predicted molar refractivity (Wildman–Crippen MR) is 116 cm³/mol. The molecule has 0 radical (unpaired) electrons. The SMILES string of the molecule is Cn1c(CN2CCN(c3ccc4ncnc(OC5CCOC5)c4c3)CC2)ccnc1=O. The van der Waals surface area contributed by atoms with E-state index in [1.807, 2.05) is 12.1 Å². The van der Waals surface area contributed by atoms with Crippen molar-refractivity contribution < 1.29 is 9.47 Å². The molecule has 0 aliphatic carbocycles. The Bertz CT molecular complexity index is 1120. The summed E-state index contributed by atoms with van der Waals surface area (Å²) >= 11 is 0. The van der Waals surface area contributed by atoms with Crippen LogP contribution in [-0.2, 0) is 18.3 Å². The average molecular weight is 422 g/mol. The van der Waals surface area contributed by atoms with Crippen LogP contribution in [0.5, 0.6) is 5.88 Å². The molecule has 31 heavy (non-hydrogen) atoms. The molecule has 1 aromatic carbocycles. The fraction of sp³-hybridized carbons (Fsp3) is 0.455. The molecule has 2 aromatic heterocycles. The number of rotatable bonds is 5. The Balaban J connectivity index is 1.29. The summed E-state index contributed by atoms with van der Waals surface area (Å²) in [5.41, 5.74) is 2.79. The van der Waals surface area contributed by atoms with E-state index in [0.29, 0.717) is 12.5 Å². The lowest BCUT2D eigenvalue weighted by molar-refractivity contribution is 0.139. The zero-order valence-electron chi connectivity index (χ0n) is 17.6. The first kappa shape index (κ1) is 19.9. The van der Waals surface area contributed by atoms with Gasteiger partial charge in [0.25, 0.3) is 0 Å². The van der Waals surface area contributed by atoms with Crippen LogP contribution in [0.15, 0.2) is 41.6 Å². The maximum Gasteiger partial charge on any atom is 0.347 e. The highest BCUT2D eigenvalue weighted by Crippen LogP contribution is 2.29. The van der Waals surface area contributed by atoms with Crippen LogP contribution in [0.1, 0.15) is 12.1 Å². The Morgan fingerprint density at radius 1 is 1.13 bits per heavy atom. The minimum atomic E-state index is -0.211. The van der Waals surface area contributed by atoms with Crippen LogP contribution in [0.2, 0.25) is 0 Å². The number of fused-ring (bicyclic) bond motifs is 1. The second-order valence-corrected chi connectivity index (χ2v) is 8.02. The molecule has 0 bridgehead atoms. The van der Waals surface area contributed by atoms with Gasteiger partial charge >= 0.3 is 5.69 Å². The molecule has 0 saturated carbocycles. The monoisotopic (exact) mass is 422 g/mol. The highest BCUT2D eigenvalue weighted by Gasteiger charge is 2.21. The van der Waals surface area contributed by atoms with Gasteiger partial charge in [-0.1, -0.05) is 0 Å². The first-order valence-corrected chi connectivity index (χ1v) is 10.6. The predicted octanol–water partition coefficient (Wildman–Crippen LogP) is 1.21. The van der Waals surface area contributed by atoms with Crippen molar-refractivity contribution in [1.29, 1.82) is 0 Å². The number of hydrogen-bond donors (Lipinski definition) is 0. The van der Waals surface area contributed by atoms with Gasteiger partial charge in [-0.15, -0.1) is 0 Å². The number of ether oxygens (including phenoxy) is 2. The second-order valence-electron chi connectivity index (χ2n) is 8.02. The van der Waals surface area contributed by atoms with Crippen LogP contribution in [0.4, 0.5) is 5.69 Å². The number of nitrogens with zero attached hydrogens (tertiary/aromatic N) is 6. The molecule has 5 rings (SSSR count). The molecule has 9 nitrogen and oxygen atoms in total. The van der Waals surface area contributed by atoms with E-state index in [1.165, 1.54) is 0 Å². The van der Waals surface area contributed by atoms with Gasteiger partial charge < -0.3 is 14.4 Å². The topological polar surface area (TPSA) is 85.6 Å². The molecule has 9 heteroatoms. The fourth-order valence-electron chi connectivity index (χ4n) is 4.14. The van der Waals surface area contributed by atoms with Gasteiger partial charge in [0, 0.05) is 63.8 Å². The number of aromatic nitrogens is 4. The first-order valence-electron chi connectivity index (χ1n) is 10.6. The van der Waals surface area contributed by atoms with Crippen molar-refractivity contribution in [1.82, 2.24) is 24.4 Å². The van der Waals surface area contributed by atoms with Crippen LogP contribution >= 0.6 is 0 Å². The third-order valence-corrected chi connectivity index (χ3v) is 6.04. The third kappa shape index (κ3) is 4.24. The van der Waals surface area contributed by atoms with Crippen LogP contribution < -0.4 is 15.3 Å². The van der Waals surface area contributed by atoms with E-state index in [2.05, 4.69) is 36.9 Å².